The minimum atomic E-state index is -0.235. The fourth-order valence-corrected chi connectivity index (χ4v) is 2.78. The van der Waals surface area contributed by atoms with Gasteiger partial charge in [-0.1, -0.05) is 5.21 Å². The minimum Gasteiger partial charge on any atom is -0.398 e. The van der Waals surface area contributed by atoms with Gasteiger partial charge in [-0.05, 0) is 50.6 Å². The topological polar surface area (TPSA) is 109 Å². The lowest BCUT2D eigenvalue weighted by Crippen LogP contribution is -2.17. The van der Waals surface area contributed by atoms with Crippen LogP contribution in [-0.2, 0) is 0 Å². The van der Waals surface area contributed by atoms with Crippen LogP contribution in [0, 0.1) is 19.3 Å². The van der Waals surface area contributed by atoms with E-state index in [2.05, 4.69) is 15.6 Å². The Morgan fingerprint density at radius 1 is 1.33 bits per heavy atom. The molecule has 1 aromatic carbocycles. The number of rotatable bonds is 3. The predicted octanol–water partition coefficient (Wildman–Crippen LogP) is 3.06. The molecule has 0 unspecified atom stereocenters. The molecule has 2 aromatic heterocycles. The first-order valence-electron chi connectivity index (χ1n) is 7.45. The van der Waals surface area contributed by atoms with Gasteiger partial charge < -0.3 is 16.5 Å². The van der Waals surface area contributed by atoms with Crippen LogP contribution in [0.25, 0.3) is 5.52 Å². The van der Waals surface area contributed by atoms with Crippen LogP contribution >= 0.6 is 0 Å². The molecule has 3 rings (SSSR count). The Balaban J connectivity index is 0.00000169. The maximum absolute atomic E-state index is 12.7. The van der Waals surface area contributed by atoms with Crippen LogP contribution < -0.4 is 11.1 Å². The van der Waals surface area contributed by atoms with Gasteiger partial charge in [-0.3, -0.25) is 4.79 Å². The van der Waals surface area contributed by atoms with E-state index in [1.807, 2.05) is 19.9 Å². The second kappa shape index (κ2) is 5.77. The van der Waals surface area contributed by atoms with Crippen molar-refractivity contribution in [1.29, 1.82) is 5.41 Å². The first kappa shape index (κ1) is 15.7. The number of hydrogen-bond acceptors (Lipinski definition) is 5. The number of fused-ring (bicyclic) bond motifs is 1. The Hall–Kier alpha value is -3.22. The van der Waals surface area contributed by atoms with Crippen LogP contribution in [0.5, 0.6) is 0 Å². The zero-order chi connectivity index (χ0) is 17.4. The van der Waals surface area contributed by atoms with Gasteiger partial charge in [0.15, 0.2) is 0 Å². The summed E-state index contributed by atoms with van der Waals surface area (Å²) in [6, 6.07) is 6.98. The summed E-state index contributed by atoms with van der Waals surface area (Å²) >= 11 is 0. The monoisotopic (exact) mass is 326 g/mol. The average molecular weight is 326 g/mol. The van der Waals surface area contributed by atoms with Crippen molar-refractivity contribution in [2.45, 2.75) is 20.8 Å². The Kier molecular flexibility index (Phi) is 3.76. The van der Waals surface area contributed by atoms with Crippen molar-refractivity contribution in [3.63, 3.8) is 0 Å². The number of carbonyl (C=O) groups excluding carboxylic acids is 1. The van der Waals surface area contributed by atoms with E-state index < -0.39 is 0 Å². The largest absolute Gasteiger partial charge is 0.398 e. The van der Waals surface area contributed by atoms with Crippen molar-refractivity contribution < 1.29 is 7.65 Å². The molecule has 0 fully saturated rings. The first-order chi connectivity index (χ1) is 11.4. The quantitative estimate of drug-likeness (QED) is 0.507. The molecular weight excluding hydrogens is 304 g/mol. The lowest BCUT2D eigenvalue weighted by molar-refractivity contribution is 0.102. The van der Waals surface area contributed by atoms with Gasteiger partial charge in [0.05, 0.1) is 23.0 Å². The van der Waals surface area contributed by atoms with Gasteiger partial charge in [-0.25, -0.2) is 4.52 Å². The summed E-state index contributed by atoms with van der Waals surface area (Å²) in [7, 11) is 0. The van der Waals surface area contributed by atoms with Crippen LogP contribution in [0.15, 0.2) is 30.5 Å². The summed E-state index contributed by atoms with van der Waals surface area (Å²) in [5.41, 5.74) is 10.9. The molecule has 3 aromatic rings. The molecule has 126 valence electrons. The predicted molar refractivity (Wildman–Crippen MR) is 98.0 cm³/mol. The molecule has 0 aliphatic heterocycles. The lowest BCUT2D eigenvalue weighted by Gasteiger charge is -2.13. The molecule has 0 atom stereocenters. The normalized spacial score (nSPS) is 10.8. The van der Waals surface area contributed by atoms with Gasteiger partial charge in [0.1, 0.15) is 0 Å². The Morgan fingerprint density at radius 2 is 2.08 bits per heavy atom. The van der Waals surface area contributed by atoms with E-state index >= 15 is 0 Å². The highest BCUT2D eigenvalue weighted by atomic mass is 16.1. The molecule has 0 radical (unpaired) electrons. The van der Waals surface area contributed by atoms with E-state index in [4.69, 9.17) is 11.1 Å². The number of aromatic nitrogens is 3. The van der Waals surface area contributed by atoms with Crippen LogP contribution in [-0.4, -0.2) is 26.4 Å². The van der Waals surface area contributed by atoms with E-state index in [0.717, 1.165) is 16.8 Å². The van der Waals surface area contributed by atoms with E-state index in [0.29, 0.717) is 28.2 Å². The summed E-state index contributed by atoms with van der Waals surface area (Å²) in [5.74, 6) is -0.235. The van der Waals surface area contributed by atoms with Crippen molar-refractivity contribution in [3.05, 3.63) is 52.8 Å². The highest BCUT2D eigenvalue weighted by Crippen LogP contribution is 2.21. The number of benzene rings is 1. The molecule has 0 bridgehead atoms. The van der Waals surface area contributed by atoms with Crippen LogP contribution in [0.3, 0.4) is 0 Å². The molecule has 7 nitrogen and oxygen atoms in total. The molecule has 0 aliphatic carbocycles. The number of carbonyl (C=O) groups is 1. The van der Waals surface area contributed by atoms with Crippen molar-refractivity contribution in [2.75, 3.05) is 11.1 Å². The zero-order valence-electron chi connectivity index (χ0n) is 13.7. The van der Waals surface area contributed by atoms with E-state index in [1.54, 1.807) is 35.8 Å². The molecule has 1 amide bonds. The zero-order valence-corrected chi connectivity index (χ0v) is 13.7. The molecule has 4 N–H and O–H groups in total. The molecule has 0 spiro atoms. The number of aryl methyl sites for hydroxylation is 2. The number of nitrogens with one attached hydrogen (secondary N) is 2. The molecule has 0 saturated heterocycles. The summed E-state index contributed by atoms with van der Waals surface area (Å²) in [4.78, 5) is 12.7. The standard InChI is InChI=1S/C17H18N6O.2H2/c1-9-6-13-8-20-22-23(13)11(3)16(9)17(24)21-12-4-5-15(19)14(7-12)10(2)18;;/h4-8,18H,19H2,1-3H3,(H,21,24);2*1H. The minimum absolute atomic E-state index is 0. The van der Waals surface area contributed by atoms with E-state index in [1.165, 1.54) is 0 Å². The van der Waals surface area contributed by atoms with Gasteiger partial charge in [-0.2, -0.15) is 0 Å². The number of nitrogens with zero attached hydrogens (tertiary/aromatic N) is 3. The molecule has 24 heavy (non-hydrogen) atoms. The number of nitrogen functional groups attached to an aromatic ring is 1. The molecule has 2 heterocycles. The molecule has 0 saturated carbocycles. The Labute approximate surface area is 142 Å². The second-order valence-corrected chi connectivity index (χ2v) is 5.74. The van der Waals surface area contributed by atoms with Crippen LogP contribution in [0.4, 0.5) is 11.4 Å². The second-order valence-electron chi connectivity index (χ2n) is 5.74. The highest BCUT2D eigenvalue weighted by Gasteiger charge is 2.17. The van der Waals surface area contributed by atoms with E-state index in [-0.39, 0.29) is 8.76 Å². The van der Waals surface area contributed by atoms with Crippen molar-refractivity contribution in [3.8, 4) is 0 Å². The Bertz CT molecular complexity index is 983. The van der Waals surface area contributed by atoms with Gasteiger partial charge >= 0.3 is 0 Å². The maximum atomic E-state index is 12.7. The molecular formula is C17H22N6O. The molecule has 7 heteroatoms. The van der Waals surface area contributed by atoms with Crippen LogP contribution in [0.2, 0.25) is 0 Å². The fourth-order valence-electron chi connectivity index (χ4n) is 2.78. The van der Waals surface area contributed by atoms with Crippen LogP contribution in [0.1, 0.15) is 37.0 Å². The smallest absolute Gasteiger partial charge is 0.257 e. The third kappa shape index (κ3) is 2.60. The molecule has 0 aliphatic rings. The van der Waals surface area contributed by atoms with Crippen molar-refractivity contribution in [1.82, 2.24) is 14.8 Å². The van der Waals surface area contributed by atoms with Gasteiger partial charge in [-0.15, -0.1) is 5.10 Å². The van der Waals surface area contributed by atoms with Gasteiger partial charge in [0, 0.05) is 25.5 Å². The maximum Gasteiger partial charge on any atom is 0.257 e. The first-order valence-corrected chi connectivity index (χ1v) is 7.45. The number of nitrogens with two attached hydrogens (primary N) is 1. The number of pyridine rings is 1. The average Bonchev–Trinajstić information content (AvgIpc) is 2.97. The number of anilines is 2. The van der Waals surface area contributed by atoms with Gasteiger partial charge in [0.2, 0.25) is 0 Å². The third-order valence-corrected chi connectivity index (χ3v) is 3.96. The number of hydrogen-bond donors (Lipinski definition) is 3. The fraction of sp³-hybridized carbons (Fsp3) is 0.176. The van der Waals surface area contributed by atoms with E-state index in [9.17, 15) is 4.79 Å². The number of amides is 1. The van der Waals surface area contributed by atoms with Crippen molar-refractivity contribution >= 4 is 28.5 Å². The lowest BCUT2D eigenvalue weighted by atomic mass is 10.1. The summed E-state index contributed by atoms with van der Waals surface area (Å²) in [5, 5.41) is 18.5. The summed E-state index contributed by atoms with van der Waals surface area (Å²) < 4.78 is 1.64. The SMILES string of the molecule is CC(=N)c1cc(NC(=O)c2c(C)cc3cnnn3c2C)ccc1N.[HH].[HH]. The van der Waals surface area contributed by atoms with Gasteiger partial charge in [0.25, 0.3) is 5.91 Å². The highest BCUT2D eigenvalue weighted by molar-refractivity contribution is 6.08. The van der Waals surface area contributed by atoms with Crippen molar-refractivity contribution in [2.24, 2.45) is 0 Å². The Morgan fingerprint density at radius 3 is 2.79 bits per heavy atom. The third-order valence-electron chi connectivity index (χ3n) is 3.96. The summed E-state index contributed by atoms with van der Waals surface area (Å²) in [6.07, 6.45) is 1.65. The summed E-state index contributed by atoms with van der Waals surface area (Å²) in [6.45, 7) is 5.37.